The Morgan fingerprint density at radius 3 is 2.57 bits per heavy atom. The maximum Gasteiger partial charge on any atom is 0.223 e. The molecule has 0 spiro atoms. The average molecular weight is 291 g/mol. The molecule has 116 valence electrons. The number of methoxy groups -OCH3 is 1. The van der Waals surface area contributed by atoms with Gasteiger partial charge in [0.1, 0.15) is 0 Å². The summed E-state index contributed by atoms with van der Waals surface area (Å²) in [6, 6.07) is 8.18. The second kappa shape index (κ2) is 6.91. The Morgan fingerprint density at radius 2 is 2.00 bits per heavy atom. The highest BCUT2D eigenvalue weighted by Crippen LogP contribution is 2.31. The topological polar surface area (TPSA) is 58.8 Å². The molecule has 1 heterocycles. The molecule has 21 heavy (non-hydrogen) atoms. The van der Waals surface area contributed by atoms with E-state index in [1.165, 1.54) is 0 Å². The highest BCUT2D eigenvalue weighted by atomic mass is 16.5. The second-order valence-corrected chi connectivity index (χ2v) is 5.71. The number of hydrogen-bond acceptors (Lipinski definition) is 4. The molecular weight excluding hydrogens is 266 g/mol. The Bertz CT molecular complexity index is 473. The summed E-state index contributed by atoms with van der Waals surface area (Å²) in [5.74, 6) is 0.162. The highest BCUT2D eigenvalue weighted by molar-refractivity contribution is 5.78. The Hall–Kier alpha value is -1.59. The van der Waals surface area contributed by atoms with Crippen LogP contribution < -0.4 is 10.6 Å². The first-order chi connectivity index (χ1) is 10.0. The van der Waals surface area contributed by atoms with E-state index in [2.05, 4.69) is 29.2 Å². The predicted octanol–water partition coefficient (Wildman–Crippen LogP) is 1.39. The number of nitrogens with zero attached hydrogens (tertiary/aromatic N) is 2. The minimum Gasteiger partial charge on any atom is -0.383 e. The molecule has 1 aliphatic heterocycles. The van der Waals surface area contributed by atoms with Crippen LogP contribution in [0.15, 0.2) is 24.3 Å². The van der Waals surface area contributed by atoms with Gasteiger partial charge >= 0.3 is 0 Å². The van der Waals surface area contributed by atoms with Gasteiger partial charge in [-0.15, -0.1) is 0 Å². The van der Waals surface area contributed by atoms with E-state index in [4.69, 9.17) is 10.5 Å². The van der Waals surface area contributed by atoms with Crippen molar-refractivity contribution in [2.45, 2.75) is 24.9 Å². The number of likely N-dealkylation sites (tertiary alicyclic amines) is 1. The maximum atomic E-state index is 12.2. The summed E-state index contributed by atoms with van der Waals surface area (Å²) in [4.78, 5) is 16.1. The number of benzene rings is 1. The van der Waals surface area contributed by atoms with Crippen molar-refractivity contribution in [3.05, 3.63) is 29.8 Å². The van der Waals surface area contributed by atoms with Crippen LogP contribution in [0.4, 0.5) is 5.69 Å². The second-order valence-electron chi connectivity index (χ2n) is 5.71. The van der Waals surface area contributed by atoms with E-state index in [-0.39, 0.29) is 18.0 Å². The summed E-state index contributed by atoms with van der Waals surface area (Å²) < 4.78 is 5.12. The van der Waals surface area contributed by atoms with Gasteiger partial charge in [-0.25, -0.2) is 0 Å². The molecule has 1 aliphatic rings. The van der Waals surface area contributed by atoms with Crippen molar-refractivity contribution in [3.63, 3.8) is 0 Å². The SMILES string of the molecule is COCCN1C(=O)CCC(N)C1c1ccc(N(C)C)cc1. The molecule has 2 unspecified atom stereocenters. The van der Waals surface area contributed by atoms with Crippen molar-refractivity contribution in [1.82, 2.24) is 4.90 Å². The third kappa shape index (κ3) is 3.54. The summed E-state index contributed by atoms with van der Waals surface area (Å²) in [7, 11) is 5.67. The minimum atomic E-state index is -0.0578. The van der Waals surface area contributed by atoms with Gasteiger partial charge in [0.15, 0.2) is 0 Å². The number of anilines is 1. The van der Waals surface area contributed by atoms with E-state index in [1.54, 1.807) is 7.11 Å². The Morgan fingerprint density at radius 1 is 1.33 bits per heavy atom. The number of piperidine rings is 1. The van der Waals surface area contributed by atoms with E-state index in [1.807, 2.05) is 19.0 Å². The van der Waals surface area contributed by atoms with Gasteiger partial charge in [-0.3, -0.25) is 4.79 Å². The fourth-order valence-corrected chi connectivity index (χ4v) is 2.83. The van der Waals surface area contributed by atoms with E-state index in [0.29, 0.717) is 19.6 Å². The van der Waals surface area contributed by atoms with Gasteiger partial charge in [0, 0.05) is 45.9 Å². The number of nitrogens with two attached hydrogens (primary N) is 1. The van der Waals surface area contributed by atoms with Gasteiger partial charge in [-0.2, -0.15) is 0 Å². The van der Waals surface area contributed by atoms with E-state index in [9.17, 15) is 4.79 Å². The normalized spacial score (nSPS) is 22.5. The first kappa shape index (κ1) is 15.8. The standard InChI is InChI=1S/C16H25N3O2/c1-18(2)13-6-4-12(5-7-13)16-14(17)8-9-15(20)19(16)10-11-21-3/h4-7,14,16H,8-11,17H2,1-3H3. The molecule has 0 radical (unpaired) electrons. The third-order valence-corrected chi connectivity index (χ3v) is 4.04. The number of amides is 1. The van der Waals surface area contributed by atoms with E-state index >= 15 is 0 Å². The number of ether oxygens (including phenoxy) is 1. The first-order valence-corrected chi connectivity index (χ1v) is 7.36. The molecule has 2 N–H and O–H groups in total. The summed E-state index contributed by atoms with van der Waals surface area (Å²) in [5, 5.41) is 0. The van der Waals surface area contributed by atoms with Gasteiger partial charge in [0.25, 0.3) is 0 Å². The molecule has 5 heteroatoms. The van der Waals surface area contributed by atoms with Gasteiger partial charge in [-0.1, -0.05) is 12.1 Å². The van der Waals surface area contributed by atoms with Crippen LogP contribution in [0.3, 0.4) is 0 Å². The zero-order valence-corrected chi connectivity index (χ0v) is 13.1. The largest absolute Gasteiger partial charge is 0.383 e. The molecule has 1 aromatic carbocycles. The van der Waals surface area contributed by atoms with Crippen molar-refractivity contribution >= 4 is 11.6 Å². The molecule has 2 rings (SSSR count). The Balaban J connectivity index is 2.24. The smallest absolute Gasteiger partial charge is 0.223 e. The van der Waals surface area contributed by atoms with Crippen LogP contribution in [0.25, 0.3) is 0 Å². The van der Waals surface area contributed by atoms with Crippen LogP contribution >= 0.6 is 0 Å². The molecule has 5 nitrogen and oxygen atoms in total. The van der Waals surface area contributed by atoms with Crippen LogP contribution in [0.5, 0.6) is 0 Å². The summed E-state index contributed by atoms with van der Waals surface area (Å²) in [5.41, 5.74) is 8.52. The molecular formula is C16H25N3O2. The number of carbonyl (C=O) groups excluding carboxylic acids is 1. The number of rotatable bonds is 5. The predicted molar refractivity (Wildman–Crippen MR) is 84.3 cm³/mol. The maximum absolute atomic E-state index is 12.2. The van der Waals surface area contributed by atoms with Crippen LogP contribution in [0, 0.1) is 0 Å². The lowest BCUT2D eigenvalue weighted by Gasteiger charge is -2.40. The fraction of sp³-hybridized carbons (Fsp3) is 0.562. The molecule has 0 saturated carbocycles. The quantitative estimate of drug-likeness (QED) is 0.890. The van der Waals surface area contributed by atoms with E-state index in [0.717, 1.165) is 17.7 Å². The third-order valence-electron chi connectivity index (χ3n) is 4.04. The van der Waals surface area contributed by atoms with Crippen molar-refractivity contribution in [1.29, 1.82) is 0 Å². The van der Waals surface area contributed by atoms with Crippen LogP contribution in [0.2, 0.25) is 0 Å². The molecule has 1 amide bonds. The van der Waals surface area contributed by atoms with Crippen LogP contribution in [0.1, 0.15) is 24.4 Å². The lowest BCUT2D eigenvalue weighted by molar-refractivity contribution is -0.138. The van der Waals surface area contributed by atoms with Crippen molar-refractivity contribution < 1.29 is 9.53 Å². The van der Waals surface area contributed by atoms with Crippen molar-refractivity contribution in [2.24, 2.45) is 5.73 Å². The molecule has 1 saturated heterocycles. The number of hydrogen-bond donors (Lipinski definition) is 1. The molecule has 1 aromatic rings. The summed E-state index contributed by atoms with van der Waals surface area (Å²) in [6.07, 6.45) is 1.26. The molecule has 0 bridgehead atoms. The zero-order chi connectivity index (χ0) is 15.4. The van der Waals surface area contributed by atoms with E-state index < -0.39 is 0 Å². The minimum absolute atomic E-state index is 0.0234. The zero-order valence-electron chi connectivity index (χ0n) is 13.1. The summed E-state index contributed by atoms with van der Waals surface area (Å²) in [6.45, 7) is 1.12. The molecule has 0 aromatic heterocycles. The lowest BCUT2D eigenvalue weighted by atomic mass is 9.90. The number of carbonyl (C=O) groups is 1. The Labute approximate surface area is 126 Å². The van der Waals surface area contributed by atoms with Gasteiger partial charge < -0.3 is 20.3 Å². The first-order valence-electron chi connectivity index (χ1n) is 7.36. The monoisotopic (exact) mass is 291 g/mol. The van der Waals surface area contributed by atoms with Crippen LogP contribution in [-0.2, 0) is 9.53 Å². The van der Waals surface area contributed by atoms with Gasteiger partial charge in [0.2, 0.25) is 5.91 Å². The van der Waals surface area contributed by atoms with Gasteiger partial charge in [-0.05, 0) is 24.1 Å². The fourth-order valence-electron chi connectivity index (χ4n) is 2.83. The van der Waals surface area contributed by atoms with Gasteiger partial charge in [0.05, 0.1) is 12.6 Å². The van der Waals surface area contributed by atoms with Crippen LogP contribution in [-0.4, -0.2) is 51.2 Å². The lowest BCUT2D eigenvalue weighted by Crippen LogP contribution is -2.49. The molecule has 0 aliphatic carbocycles. The molecule has 1 fully saturated rings. The van der Waals surface area contributed by atoms with Crippen molar-refractivity contribution in [3.8, 4) is 0 Å². The molecule has 2 atom stereocenters. The highest BCUT2D eigenvalue weighted by Gasteiger charge is 2.34. The average Bonchev–Trinajstić information content (AvgIpc) is 2.48. The summed E-state index contributed by atoms with van der Waals surface area (Å²) >= 11 is 0. The Kier molecular flexibility index (Phi) is 5.20. The van der Waals surface area contributed by atoms with Crippen molar-refractivity contribution in [2.75, 3.05) is 39.3 Å².